The molecular weight excluding hydrogens is 918 g/mol. The summed E-state index contributed by atoms with van der Waals surface area (Å²) in [5.41, 5.74) is 31.8. The first-order valence-electron chi connectivity index (χ1n) is 26.7. The zero-order valence-corrected chi connectivity index (χ0v) is 43.9. The van der Waals surface area contributed by atoms with Crippen LogP contribution in [0.1, 0.15) is 33.4 Å². The predicted molar refractivity (Wildman–Crippen MR) is 325 cm³/mol. The molecule has 0 atom stereocenters. The number of hydrogen-bond acceptors (Lipinski definition) is 2. The Morgan fingerprint density at radius 2 is 0.645 bits per heavy atom. The van der Waals surface area contributed by atoms with Crippen LogP contribution in [0.2, 0.25) is 0 Å². The Morgan fingerprint density at radius 1 is 0.289 bits per heavy atom. The molecule has 12 aromatic rings. The third-order valence-corrected chi connectivity index (χ3v) is 16.3. The van der Waals surface area contributed by atoms with Crippen molar-refractivity contribution in [3.05, 3.63) is 264 Å². The van der Waals surface area contributed by atoms with E-state index in [0.29, 0.717) is 0 Å². The summed E-state index contributed by atoms with van der Waals surface area (Å²) in [7, 11) is 0. The number of benzene rings is 11. The zero-order valence-electron chi connectivity index (χ0n) is 43.9. The minimum atomic E-state index is -0.112. The number of para-hydroxylation sites is 2. The molecule has 2 aliphatic rings. The van der Waals surface area contributed by atoms with Gasteiger partial charge in [0.2, 0.25) is 0 Å². The smallest absolute Gasteiger partial charge is 0.252 e. The highest BCUT2D eigenvalue weighted by atomic mass is 15.2. The summed E-state index contributed by atoms with van der Waals surface area (Å²) < 4.78 is 2.49. The maximum absolute atomic E-state index is 2.56. The van der Waals surface area contributed by atoms with Gasteiger partial charge in [0.05, 0.1) is 16.7 Å². The van der Waals surface area contributed by atoms with Crippen LogP contribution in [0.5, 0.6) is 0 Å². The van der Waals surface area contributed by atoms with Gasteiger partial charge in [0.15, 0.2) is 0 Å². The Labute approximate surface area is 446 Å². The Bertz CT molecular complexity index is 3970. The van der Waals surface area contributed by atoms with E-state index in [1.165, 1.54) is 139 Å². The molecule has 3 heterocycles. The van der Waals surface area contributed by atoms with Crippen LogP contribution in [0, 0.1) is 41.5 Å². The lowest BCUT2D eigenvalue weighted by Crippen LogP contribution is -2.61. The van der Waals surface area contributed by atoms with Crippen LogP contribution < -0.4 is 26.2 Å². The number of hydrogen-bond donors (Lipinski definition) is 0. The molecule has 0 spiro atoms. The SMILES string of the molecule is Cc1cc(C)c(-c2ccc3c(c2)B2c4cc(-c5c(C)cc(C)cc5C)ccc4N(c4ccc(-c5ccccc5)cc4)c4cc(-n5c6ccccc6c6ccccc65)cc(c42)N3c2ccc(-c3ccccc3)cc2)c(C)c1. The van der Waals surface area contributed by atoms with Gasteiger partial charge < -0.3 is 14.4 Å². The van der Waals surface area contributed by atoms with Crippen molar-refractivity contribution < 1.29 is 0 Å². The fraction of sp³-hybridized carbons (Fsp3) is 0.0833. The highest BCUT2D eigenvalue weighted by Gasteiger charge is 2.44. The molecule has 0 saturated carbocycles. The molecule has 0 saturated heterocycles. The molecule has 0 fully saturated rings. The van der Waals surface area contributed by atoms with Crippen molar-refractivity contribution >= 4 is 79.0 Å². The highest BCUT2D eigenvalue weighted by Crippen LogP contribution is 2.48. The normalized spacial score (nSPS) is 12.5. The van der Waals surface area contributed by atoms with Crippen molar-refractivity contribution in [1.29, 1.82) is 0 Å². The number of aromatic nitrogens is 1. The van der Waals surface area contributed by atoms with Crippen molar-refractivity contribution in [3.8, 4) is 50.2 Å². The van der Waals surface area contributed by atoms with Crippen molar-refractivity contribution in [2.24, 2.45) is 0 Å². The van der Waals surface area contributed by atoms with E-state index in [-0.39, 0.29) is 6.71 Å². The maximum Gasteiger partial charge on any atom is 0.252 e. The number of aryl methyl sites for hydroxylation is 6. The van der Waals surface area contributed by atoms with Crippen LogP contribution in [0.25, 0.3) is 72.0 Å². The van der Waals surface area contributed by atoms with Crippen molar-refractivity contribution in [3.63, 3.8) is 0 Å². The van der Waals surface area contributed by atoms with Crippen LogP contribution in [0.15, 0.2) is 231 Å². The van der Waals surface area contributed by atoms with Crippen LogP contribution in [0.3, 0.4) is 0 Å². The van der Waals surface area contributed by atoms with Crippen molar-refractivity contribution in [2.75, 3.05) is 9.80 Å². The van der Waals surface area contributed by atoms with Crippen LogP contribution >= 0.6 is 0 Å². The Morgan fingerprint density at radius 3 is 1.05 bits per heavy atom. The molecule has 0 bridgehead atoms. The summed E-state index contributed by atoms with van der Waals surface area (Å²) >= 11 is 0. The topological polar surface area (TPSA) is 11.4 Å². The third kappa shape index (κ3) is 7.27. The number of fused-ring (bicyclic) bond motifs is 7. The number of rotatable bonds is 7. The average molecular weight is 974 g/mol. The van der Waals surface area contributed by atoms with Crippen LogP contribution in [0.4, 0.5) is 34.1 Å². The standard InChI is InChI=1S/C72H56BN3/c1-45-37-47(3)70(48(4)38-45)55-29-35-66-62(41-55)73-63-42-56(71-49(5)39-46(2)40-50(71)6)30-36-67(63)75(58-33-27-54(28-34-58)52-19-11-8-12-20-52)69-44-59(76-64-23-15-13-21-60(64)61-22-14-16-24-65(61)76)43-68(72(69)73)74(66)57-31-25-53(26-32-57)51-17-9-7-10-18-51/h7-44H,1-6H3. The monoisotopic (exact) mass is 973 g/mol. The van der Waals surface area contributed by atoms with Crippen molar-refractivity contribution in [2.45, 2.75) is 41.5 Å². The Hall–Kier alpha value is -9.12. The molecule has 2 aliphatic heterocycles. The molecule has 0 unspecified atom stereocenters. The van der Waals surface area contributed by atoms with E-state index in [9.17, 15) is 0 Å². The van der Waals surface area contributed by atoms with E-state index in [4.69, 9.17) is 0 Å². The number of nitrogens with zero attached hydrogens (tertiary/aromatic N) is 3. The molecule has 0 amide bonds. The lowest BCUT2D eigenvalue weighted by atomic mass is 9.33. The van der Waals surface area contributed by atoms with Crippen LogP contribution in [-0.4, -0.2) is 11.3 Å². The van der Waals surface area contributed by atoms with Gasteiger partial charge in [-0.25, -0.2) is 0 Å². The summed E-state index contributed by atoms with van der Waals surface area (Å²) in [4.78, 5) is 5.13. The van der Waals surface area contributed by atoms with Crippen LogP contribution in [-0.2, 0) is 0 Å². The molecule has 76 heavy (non-hydrogen) atoms. The van der Waals surface area contributed by atoms with E-state index in [0.717, 1.165) is 17.1 Å². The van der Waals surface area contributed by atoms with Gasteiger partial charge in [0, 0.05) is 44.9 Å². The van der Waals surface area contributed by atoms with Gasteiger partial charge in [-0.1, -0.05) is 181 Å². The fourth-order valence-electron chi connectivity index (χ4n) is 13.3. The first-order chi connectivity index (χ1) is 37.2. The zero-order chi connectivity index (χ0) is 51.3. The predicted octanol–water partition coefficient (Wildman–Crippen LogP) is 17.4. The first kappa shape index (κ1) is 45.5. The first-order valence-corrected chi connectivity index (χ1v) is 26.7. The molecule has 0 radical (unpaired) electrons. The molecule has 4 heteroatoms. The van der Waals surface area contributed by atoms with Gasteiger partial charge in [-0.2, -0.15) is 0 Å². The summed E-state index contributed by atoms with van der Waals surface area (Å²) in [6, 6.07) is 86.7. The molecule has 362 valence electrons. The minimum absolute atomic E-state index is 0.112. The van der Waals surface area contributed by atoms with Crippen molar-refractivity contribution in [1.82, 2.24) is 4.57 Å². The quantitative estimate of drug-likeness (QED) is 0.147. The van der Waals surface area contributed by atoms with E-state index in [2.05, 4.69) is 286 Å². The molecule has 11 aromatic carbocycles. The second-order valence-electron chi connectivity index (χ2n) is 21.3. The summed E-state index contributed by atoms with van der Waals surface area (Å²) in [5.74, 6) is 0. The van der Waals surface area contributed by atoms with Gasteiger partial charge in [0.25, 0.3) is 6.71 Å². The highest BCUT2D eigenvalue weighted by molar-refractivity contribution is 7.00. The average Bonchev–Trinajstić information content (AvgIpc) is 3.82. The van der Waals surface area contributed by atoms with E-state index in [1.54, 1.807) is 0 Å². The van der Waals surface area contributed by atoms with E-state index < -0.39 is 0 Å². The van der Waals surface area contributed by atoms with Gasteiger partial charge in [-0.05, 0) is 185 Å². The summed E-state index contributed by atoms with van der Waals surface area (Å²) in [5, 5.41) is 2.48. The summed E-state index contributed by atoms with van der Waals surface area (Å²) in [6.07, 6.45) is 0. The lowest BCUT2D eigenvalue weighted by molar-refractivity contribution is 1.16. The van der Waals surface area contributed by atoms with Gasteiger partial charge in [-0.15, -0.1) is 0 Å². The number of anilines is 6. The van der Waals surface area contributed by atoms with Gasteiger partial charge >= 0.3 is 0 Å². The molecule has 3 nitrogen and oxygen atoms in total. The lowest BCUT2D eigenvalue weighted by Gasteiger charge is -2.45. The molecule has 0 N–H and O–H groups in total. The molecule has 14 rings (SSSR count). The third-order valence-electron chi connectivity index (χ3n) is 16.3. The van der Waals surface area contributed by atoms with Gasteiger partial charge in [0.1, 0.15) is 0 Å². The Balaban J connectivity index is 1.11. The summed E-state index contributed by atoms with van der Waals surface area (Å²) in [6.45, 7) is 13.4. The second kappa shape index (κ2) is 17.8. The maximum atomic E-state index is 2.56. The molecule has 1 aromatic heterocycles. The molecular formula is C72H56BN3. The second-order valence-corrected chi connectivity index (χ2v) is 21.3. The van der Waals surface area contributed by atoms with E-state index >= 15 is 0 Å². The molecule has 0 aliphatic carbocycles. The minimum Gasteiger partial charge on any atom is -0.311 e. The fourth-order valence-corrected chi connectivity index (χ4v) is 13.3. The Kier molecular flexibility index (Phi) is 10.6. The van der Waals surface area contributed by atoms with E-state index in [1.807, 2.05) is 0 Å². The van der Waals surface area contributed by atoms with Gasteiger partial charge in [-0.3, -0.25) is 0 Å². The largest absolute Gasteiger partial charge is 0.311 e.